The van der Waals surface area contributed by atoms with Crippen LogP contribution in [0.15, 0.2) is 73.3 Å². The van der Waals surface area contributed by atoms with Gasteiger partial charge >= 0.3 is 0 Å². The first-order valence-corrected chi connectivity index (χ1v) is 11.3. The van der Waals surface area contributed by atoms with Gasteiger partial charge in [0.25, 0.3) is 5.91 Å². The zero-order valence-corrected chi connectivity index (χ0v) is 20.4. The van der Waals surface area contributed by atoms with Gasteiger partial charge in [0.1, 0.15) is 19.3 Å². The maximum atomic E-state index is 12.9. The smallest absolute Gasteiger partial charge is 0.255 e. The Kier molecular flexibility index (Phi) is 7.42. The highest BCUT2D eigenvalue weighted by molar-refractivity contribution is 6.04. The summed E-state index contributed by atoms with van der Waals surface area (Å²) in [6.45, 7) is 3.34. The number of nitrogens with zero attached hydrogens (tertiary/aromatic N) is 4. The van der Waals surface area contributed by atoms with Crippen molar-refractivity contribution in [2.45, 2.75) is 6.92 Å². The van der Waals surface area contributed by atoms with Crippen LogP contribution in [-0.2, 0) is 0 Å². The summed E-state index contributed by atoms with van der Waals surface area (Å²) < 4.78 is 13.0. The average Bonchev–Trinajstić information content (AvgIpc) is 3.39. The summed E-state index contributed by atoms with van der Waals surface area (Å²) in [6.07, 6.45) is 3.18. The van der Waals surface area contributed by atoms with Crippen LogP contribution in [0.2, 0.25) is 0 Å². The fourth-order valence-electron chi connectivity index (χ4n) is 3.67. The van der Waals surface area contributed by atoms with E-state index in [2.05, 4.69) is 34.5 Å². The standard InChI is InChI=1S/C27H29N5O3/c1-19-15-23(32-18-28-17-29-32)10-11-24(19)20-5-7-21(8-6-20)27(33)30-22-9-12-25(34-4)26(16-22)35-14-13-31(2)3/h5-12,15-18H,13-14H2,1-4H3,(H,30,33). The van der Waals surface area contributed by atoms with Gasteiger partial charge in [0.05, 0.1) is 12.8 Å². The van der Waals surface area contributed by atoms with Crippen LogP contribution in [0.4, 0.5) is 5.69 Å². The number of rotatable bonds is 9. The molecule has 0 saturated carbocycles. The van der Waals surface area contributed by atoms with Gasteiger partial charge in [0.2, 0.25) is 0 Å². The lowest BCUT2D eigenvalue weighted by Gasteiger charge is -2.15. The summed E-state index contributed by atoms with van der Waals surface area (Å²) >= 11 is 0. The Bertz CT molecular complexity index is 1280. The molecule has 8 heteroatoms. The number of carbonyl (C=O) groups excluding carboxylic acids is 1. The molecule has 0 radical (unpaired) electrons. The van der Waals surface area contributed by atoms with Crippen molar-refractivity contribution >= 4 is 11.6 Å². The molecule has 4 aromatic rings. The highest BCUT2D eigenvalue weighted by Gasteiger charge is 2.11. The SMILES string of the molecule is COc1ccc(NC(=O)c2ccc(-c3ccc(-n4cncn4)cc3C)cc2)cc1OCCN(C)C. The molecule has 4 rings (SSSR count). The number of amides is 1. The molecule has 0 aliphatic carbocycles. The largest absolute Gasteiger partial charge is 0.493 e. The van der Waals surface area contributed by atoms with Crippen LogP contribution in [0.5, 0.6) is 11.5 Å². The molecule has 0 aliphatic rings. The number of likely N-dealkylation sites (N-methyl/N-ethyl adjacent to an activating group) is 1. The van der Waals surface area contributed by atoms with E-state index in [1.807, 2.05) is 49.3 Å². The van der Waals surface area contributed by atoms with Gasteiger partial charge in [0, 0.05) is 23.9 Å². The maximum absolute atomic E-state index is 12.9. The molecule has 3 aromatic carbocycles. The van der Waals surface area contributed by atoms with E-state index in [-0.39, 0.29) is 5.91 Å². The van der Waals surface area contributed by atoms with E-state index >= 15 is 0 Å². The van der Waals surface area contributed by atoms with E-state index < -0.39 is 0 Å². The molecular formula is C27H29N5O3. The summed E-state index contributed by atoms with van der Waals surface area (Å²) in [5, 5.41) is 7.12. The summed E-state index contributed by atoms with van der Waals surface area (Å²) in [5.74, 6) is 1.02. The number of hydrogen-bond donors (Lipinski definition) is 1. The molecule has 0 fully saturated rings. The zero-order valence-electron chi connectivity index (χ0n) is 20.4. The van der Waals surface area contributed by atoms with Crippen molar-refractivity contribution in [2.24, 2.45) is 0 Å². The molecule has 8 nitrogen and oxygen atoms in total. The molecule has 180 valence electrons. The van der Waals surface area contributed by atoms with Crippen LogP contribution in [0.3, 0.4) is 0 Å². The Morgan fingerprint density at radius 1 is 1.03 bits per heavy atom. The second-order valence-corrected chi connectivity index (χ2v) is 8.39. The van der Waals surface area contributed by atoms with Crippen LogP contribution < -0.4 is 14.8 Å². The van der Waals surface area contributed by atoms with E-state index in [9.17, 15) is 4.79 Å². The Morgan fingerprint density at radius 2 is 1.83 bits per heavy atom. The minimum absolute atomic E-state index is 0.195. The monoisotopic (exact) mass is 471 g/mol. The highest BCUT2D eigenvalue weighted by Crippen LogP contribution is 2.31. The minimum atomic E-state index is -0.195. The first-order valence-electron chi connectivity index (χ1n) is 11.3. The van der Waals surface area contributed by atoms with Crippen molar-refractivity contribution < 1.29 is 14.3 Å². The summed E-state index contributed by atoms with van der Waals surface area (Å²) in [6, 6.07) is 19.0. The third-order valence-electron chi connectivity index (χ3n) is 5.57. The minimum Gasteiger partial charge on any atom is -0.493 e. The third-order valence-corrected chi connectivity index (χ3v) is 5.57. The van der Waals surface area contributed by atoms with Gasteiger partial charge in [-0.15, -0.1) is 0 Å². The first-order chi connectivity index (χ1) is 16.9. The number of aromatic nitrogens is 3. The third kappa shape index (κ3) is 5.85. The number of carbonyl (C=O) groups is 1. The van der Waals surface area contributed by atoms with Crippen molar-refractivity contribution in [3.05, 3.63) is 84.4 Å². The van der Waals surface area contributed by atoms with E-state index in [0.717, 1.165) is 28.9 Å². The lowest BCUT2D eigenvalue weighted by molar-refractivity contribution is 0.102. The highest BCUT2D eigenvalue weighted by atomic mass is 16.5. The molecule has 0 spiro atoms. The number of nitrogens with one attached hydrogen (secondary N) is 1. The van der Waals surface area contributed by atoms with Gasteiger partial charge < -0.3 is 19.7 Å². The van der Waals surface area contributed by atoms with Crippen molar-refractivity contribution in [2.75, 3.05) is 39.7 Å². The van der Waals surface area contributed by atoms with Gasteiger partial charge in [0.15, 0.2) is 11.5 Å². The van der Waals surface area contributed by atoms with Crippen LogP contribution >= 0.6 is 0 Å². The molecule has 1 amide bonds. The Labute approximate surface area is 205 Å². The molecule has 0 aliphatic heterocycles. The lowest BCUT2D eigenvalue weighted by Crippen LogP contribution is -2.19. The van der Waals surface area contributed by atoms with Gasteiger partial charge in [-0.2, -0.15) is 5.10 Å². The number of anilines is 1. The number of benzene rings is 3. The second-order valence-electron chi connectivity index (χ2n) is 8.39. The van der Waals surface area contributed by atoms with Crippen LogP contribution in [-0.4, -0.2) is 59.9 Å². The van der Waals surface area contributed by atoms with Crippen molar-refractivity contribution in [3.63, 3.8) is 0 Å². The quantitative estimate of drug-likeness (QED) is 0.389. The lowest BCUT2D eigenvalue weighted by atomic mass is 9.99. The summed E-state index contributed by atoms with van der Waals surface area (Å²) in [4.78, 5) is 18.9. The van der Waals surface area contributed by atoms with Gasteiger partial charge in [-0.25, -0.2) is 9.67 Å². The second kappa shape index (κ2) is 10.8. The average molecular weight is 472 g/mol. The predicted molar refractivity (Wildman–Crippen MR) is 137 cm³/mol. The fourth-order valence-corrected chi connectivity index (χ4v) is 3.67. The molecule has 0 unspecified atom stereocenters. The topological polar surface area (TPSA) is 81.5 Å². The Morgan fingerprint density at radius 3 is 2.49 bits per heavy atom. The molecular weight excluding hydrogens is 442 g/mol. The molecule has 35 heavy (non-hydrogen) atoms. The Hall–Kier alpha value is -4.17. The molecule has 1 heterocycles. The van der Waals surface area contributed by atoms with Gasteiger partial charge in [-0.05, 0) is 74.1 Å². The summed E-state index contributed by atoms with van der Waals surface area (Å²) in [5.41, 5.74) is 5.39. The predicted octanol–water partition coefficient (Wildman–Crippen LogP) is 4.44. The van der Waals surface area contributed by atoms with Crippen molar-refractivity contribution in [1.82, 2.24) is 19.7 Å². The molecule has 0 saturated heterocycles. The van der Waals surface area contributed by atoms with Crippen LogP contribution in [0.25, 0.3) is 16.8 Å². The normalized spacial score (nSPS) is 10.9. The summed E-state index contributed by atoms with van der Waals surface area (Å²) in [7, 11) is 5.56. The molecule has 0 atom stereocenters. The molecule has 1 N–H and O–H groups in total. The van der Waals surface area contributed by atoms with Crippen molar-refractivity contribution in [3.8, 4) is 28.3 Å². The number of methoxy groups -OCH3 is 1. The zero-order chi connectivity index (χ0) is 24.8. The molecule has 0 bridgehead atoms. The first kappa shape index (κ1) is 24.0. The van der Waals surface area contributed by atoms with E-state index in [0.29, 0.717) is 29.4 Å². The molecule has 1 aromatic heterocycles. The van der Waals surface area contributed by atoms with E-state index in [1.165, 1.54) is 6.33 Å². The number of ether oxygens (including phenoxy) is 2. The fraction of sp³-hybridized carbons (Fsp3) is 0.222. The van der Waals surface area contributed by atoms with Crippen LogP contribution in [0.1, 0.15) is 15.9 Å². The number of aryl methyl sites for hydroxylation is 1. The maximum Gasteiger partial charge on any atom is 0.255 e. The van der Waals surface area contributed by atoms with E-state index in [4.69, 9.17) is 9.47 Å². The van der Waals surface area contributed by atoms with Crippen LogP contribution in [0, 0.1) is 6.92 Å². The van der Waals surface area contributed by atoms with E-state index in [1.54, 1.807) is 36.3 Å². The number of hydrogen-bond acceptors (Lipinski definition) is 6. The van der Waals surface area contributed by atoms with Gasteiger partial charge in [-0.3, -0.25) is 4.79 Å². The Balaban J connectivity index is 1.46. The van der Waals surface area contributed by atoms with Gasteiger partial charge in [-0.1, -0.05) is 18.2 Å². The van der Waals surface area contributed by atoms with Crippen molar-refractivity contribution in [1.29, 1.82) is 0 Å².